The minimum atomic E-state index is -0.0704. The Hall–Kier alpha value is -3.25. The second kappa shape index (κ2) is 8.47. The van der Waals surface area contributed by atoms with E-state index in [2.05, 4.69) is 14.9 Å². The summed E-state index contributed by atoms with van der Waals surface area (Å²) in [6.07, 6.45) is 3.92. The van der Waals surface area contributed by atoms with Crippen LogP contribution >= 0.6 is 0 Å². The Labute approximate surface area is 181 Å². The average molecular weight is 418 g/mol. The number of hydrogen-bond acceptors (Lipinski definition) is 4. The molecule has 0 radical (unpaired) electrons. The van der Waals surface area contributed by atoms with Gasteiger partial charge < -0.3 is 19.4 Å². The summed E-state index contributed by atoms with van der Waals surface area (Å²) < 4.78 is 11.2. The third kappa shape index (κ3) is 4.16. The van der Waals surface area contributed by atoms with Gasteiger partial charge in [0.25, 0.3) is 0 Å². The lowest BCUT2D eigenvalue weighted by molar-refractivity contribution is 0.103. The standard InChI is InChI=1S/C25H27N3O3/c1-30-19-6-5-17-14-23(27-22(17)16-19)25(29)24-15-18-13-20(7-8-21(18)26-24)31-12-11-28-9-3-2-4-10-28/h5-8,13-16,26-27H,2-4,9-12H2,1H3. The molecule has 6 heteroatoms. The summed E-state index contributed by atoms with van der Waals surface area (Å²) in [5, 5.41) is 1.95. The third-order valence-electron chi connectivity index (χ3n) is 6.04. The fourth-order valence-corrected chi connectivity index (χ4v) is 4.30. The fraction of sp³-hybridized carbons (Fsp3) is 0.320. The fourth-order valence-electron chi connectivity index (χ4n) is 4.30. The monoisotopic (exact) mass is 417 g/mol. The van der Waals surface area contributed by atoms with Crippen LogP contribution in [-0.2, 0) is 0 Å². The maximum atomic E-state index is 13.0. The molecular weight excluding hydrogens is 390 g/mol. The zero-order valence-electron chi connectivity index (χ0n) is 17.7. The number of ketones is 1. The number of nitrogens with zero attached hydrogens (tertiary/aromatic N) is 1. The summed E-state index contributed by atoms with van der Waals surface area (Å²) in [6.45, 7) is 3.98. The summed E-state index contributed by atoms with van der Waals surface area (Å²) in [5.74, 6) is 1.52. The number of carbonyl (C=O) groups excluding carboxylic acids is 1. The van der Waals surface area contributed by atoms with Crippen molar-refractivity contribution < 1.29 is 14.3 Å². The van der Waals surface area contributed by atoms with Crippen molar-refractivity contribution >= 4 is 27.6 Å². The summed E-state index contributed by atoms with van der Waals surface area (Å²) >= 11 is 0. The van der Waals surface area contributed by atoms with Crippen molar-refractivity contribution in [2.75, 3.05) is 33.4 Å². The Morgan fingerprint density at radius 2 is 1.61 bits per heavy atom. The van der Waals surface area contributed by atoms with Crippen molar-refractivity contribution in [1.82, 2.24) is 14.9 Å². The van der Waals surface area contributed by atoms with Gasteiger partial charge in [-0.1, -0.05) is 6.42 Å². The zero-order chi connectivity index (χ0) is 21.2. The number of methoxy groups -OCH3 is 1. The molecule has 5 rings (SSSR count). The number of benzene rings is 2. The molecule has 2 aromatic heterocycles. The van der Waals surface area contributed by atoms with Gasteiger partial charge in [-0.25, -0.2) is 0 Å². The number of ether oxygens (including phenoxy) is 2. The predicted octanol–water partition coefficient (Wildman–Crippen LogP) is 4.75. The first kappa shape index (κ1) is 19.7. The number of carbonyl (C=O) groups is 1. The first-order valence-corrected chi connectivity index (χ1v) is 10.9. The van der Waals surface area contributed by atoms with E-state index < -0.39 is 0 Å². The Balaban J connectivity index is 1.30. The van der Waals surface area contributed by atoms with Crippen molar-refractivity contribution in [3.63, 3.8) is 0 Å². The molecule has 1 fully saturated rings. The van der Waals surface area contributed by atoms with Crippen molar-refractivity contribution in [3.05, 3.63) is 59.9 Å². The molecule has 160 valence electrons. The maximum absolute atomic E-state index is 13.0. The van der Waals surface area contributed by atoms with Crippen LogP contribution in [0, 0.1) is 0 Å². The smallest absolute Gasteiger partial charge is 0.225 e. The first-order chi connectivity index (χ1) is 15.2. The molecule has 1 aliphatic rings. The number of likely N-dealkylation sites (tertiary alicyclic amines) is 1. The van der Waals surface area contributed by atoms with E-state index >= 15 is 0 Å². The molecule has 0 saturated carbocycles. The number of H-pyrrole nitrogens is 2. The zero-order valence-corrected chi connectivity index (χ0v) is 17.7. The molecule has 0 unspecified atom stereocenters. The summed E-state index contributed by atoms with van der Waals surface area (Å²) in [7, 11) is 1.63. The molecule has 2 aromatic carbocycles. The van der Waals surface area contributed by atoms with Gasteiger partial charge in [0.15, 0.2) is 0 Å². The highest BCUT2D eigenvalue weighted by Crippen LogP contribution is 2.25. The van der Waals surface area contributed by atoms with Crippen LogP contribution in [-0.4, -0.2) is 54.0 Å². The van der Waals surface area contributed by atoms with E-state index in [0.717, 1.165) is 39.8 Å². The molecule has 3 heterocycles. The highest BCUT2D eigenvalue weighted by atomic mass is 16.5. The molecular formula is C25H27N3O3. The molecule has 0 amide bonds. The highest BCUT2D eigenvalue weighted by molar-refractivity contribution is 6.11. The number of fused-ring (bicyclic) bond motifs is 2. The van der Waals surface area contributed by atoms with E-state index in [9.17, 15) is 4.79 Å². The van der Waals surface area contributed by atoms with Crippen LogP contribution in [0.4, 0.5) is 0 Å². The molecule has 6 nitrogen and oxygen atoms in total. The van der Waals surface area contributed by atoms with Crippen LogP contribution in [0.15, 0.2) is 48.5 Å². The summed E-state index contributed by atoms with van der Waals surface area (Å²) in [4.78, 5) is 21.9. The largest absolute Gasteiger partial charge is 0.497 e. The van der Waals surface area contributed by atoms with E-state index in [1.54, 1.807) is 7.11 Å². The number of piperidine rings is 1. The van der Waals surface area contributed by atoms with Gasteiger partial charge in [-0.2, -0.15) is 0 Å². The van der Waals surface area contributed by atoms with Gasteiger partial charge >= 0.3 is 0 Å². The van der Waals surface area contributed by atoms with Crippen molar-refractivity contribution in [3.8, 4) is 11.5 Å². The average Bonchev–Trinajstić information content (AvgIpc) is 3.42. The lowest BCUT2D eigenvalue weighted by atomic mass is 10.1. The SMILES string of the molecule is COc1ccc2cc(C(=O)c3cc4cc(OCCN5CCCCC5)ccc4[nH]3)[nH]c2c1. The topological polar surface area (TPSA) is 70.3 Å². The molecule has 1 aliphatic heterocycles. The van der Waals surface area contributed by atoms with Gasteiger partial charge in [-0.05, 0) is 68.4 Å². The van der Waals surface area contributed by atoms with E-state index in [4.69, 9.17) is 9.47 Å². The lowest BCUT2D eigenvalue weighted by Crippen LogP contribution is -2.33. The second-order valence-electron chi connectivity index (χ2n) is 8.15. The van der Waals surface area contributed by atoms with E-state index in [1.165, 1.54) is 32.4 Å². The quantitative estimate of drug-likeness (QED) is 0.426. The Morgan fingerprint density at radius 1 is 0.871 bits per heavy atom. The van der Waals surface area contributed by atoms with Crippen LogP contribution in [0.25, 0.3) is 21.8 Å². The third-order valence-corrected chi connectivity index (χ3v) is 6.04. The number of hydrogen-bond donors (Lipinski definition) is 2. The van der Waals surface area contributed by atoms with Gasteiger partial charge in [0.1, 0.15) is 18.1 Å². The lowest BCUT2D eigenvalue weighted by Gasteiger charge is -2.26. The Morgan fingerprint density at radius 3 is 2.42 bits per heavy atom. The van der Waals surface area contributed by atoms with Crippen molar-refractivity contribution in [1.29, 1.82) is 0 Å². The maximum Gasteiger partial charge on any atom is 0.225 e. The van der Waals surface area contributed by atoms with E-state index in [1.807, 2.05) is 48.5 Å². The summed E-state index contributed by atoms with van der Waals surface area (Å²) in [5.41, 5.74) is 2.90. The molecule has 1 saturated heterocycles. The molecule has 0 spiro atoms. The minimum Gasteiger partial charge on any atom is -0.497 e. The van der Waals surface area contributed by atoms with Crippen LogP contribution in [0.3, 0.4) is 0 Å². The molecule has 31 heavy (non-hydrogen) atoms. The highest BCUT2D eigenvalue weighted by Gasteiger charge is 2.16. The van der Waals surface area contributed by atoms with Crippen LogP contribution in [0.2, 0.25) is 0 Å². The Bertz CT molecular complexity index is 1220. The number of nitrogens with one attached hydrogen (secondary N) is 2. The van der Waals surface area contributed by atoms with Gasteiger partial charge in [0.05, 0.1) is 18.5 Å². The molecule has 0 bridgehead atoms. The number of rotatable bonds is 7. The predicted molar refractivity (Wildman–Crippen MR) is 122 cm³/mol. The van der Waals surface area contributed by atoms with Crippen LogP contribution < -0.4 is 9.47 Å². The molecule has 4 aromatic rings. The first-order valence-electron chi connectivity index (χ1n) is 10.9. The molecule has 0 aliphatic carbocycles. The van der Waals surface area contributed by atoms with Crippen molar-refractivity contribution in [2.45, 2.75) is 19.3 Å². The van der Waals surface area contributed by atoms with Gasteiger partial charge in [0.2, 0.25) is 5.78 Å². The van der Waals surface area contributed by atoms with Gasteiger partial charge in [-0.15, -0.1) is 0 Å². The number of aromatic nitrogens is 2. The van der Waals surface area contributed by atoms with Crippen molar-refractivity contribution in [2.24, 2.45) is 0 Å². The normalized spacial score (nSPS) is 14.9. The number of aromatic amines is 2. The molecule has 0 atom stereocenters. The van der Waals surface area contributed by atoms with E-state index in [-0.39, 0.29) is 5.78 Å². The van der Waals surface area contributed by atoms with Gasteiger partial charge in [0, 0.05) is 34.4 Å². The van der Waals surface area contributed by atoms with Crippen LogP contribution in [0.5, 0.6) is 11.5 Å². The Kier molecular flexibility index (Phi) is 5.38. The minimum absolute atomic E-state index is 0.0704. The van der Waals surface area contributed by atoms with Crippen LogP contribution in [0.1, 0.15) is 35.4 Å². The molecule has 2 N–H and O–H groups in total. The summed E-state index contributed by atoms with van der Waals surface area (Å²) in [6, 6.07) is 15.4. The van der Waals surface area contributed by atoms with Gasteiger partial charge in [-0.3, -0.25) is 9.69 Å². The second-order valence-corrected chi connectivity index (χ2v) is 8.15. The van der Waals surface area contributed by atoms with E-state index in [0.29, 0.717) is 18.0 Å².